The molecule has 39 heavy (non-hydrogen) atoms. The molecule has 4 rings (SSSR count). The maximum absolute atomic E-state index is 12.7. The predicted molar refractivity (Wildman–Crippen MR) is 157 cm³/mol. The van der Waals surface area contributed by atoms with E-state index in [9.17, 15) is 4.79 Å². The third kappa shape index (κ3) is 8.45. The molecular weight excluding hydrogens is 506 g/mol. The number of aryl methyl sites for hydroxylation is 1. The highest BCUT2D eigenvalue weighted by molar-refractivity contribution is 8.01. The number of esters is 1. The summed E-state index contributed by atoms with van der Waals surface area (Å²) in [5.74, 6) is 1.48. The molecule has 6 nitrogen and oxygen atoms in total. The molecule has 0 bridgehead atoms. The number of thioether (sulfide) groups is 1. The van der Waals surface area contributed by atoms with Gasteiger partial charge in [0.2, 0.25) is 0 Å². The summed E-state index contributed by atoms with van der Waals surface area (Å²) in [5.41, 5.74) is 4.03. The Kier molecular flexibility index (Phi) is 8.80. The van der Waals surface area contributed by atoms with Gasteiger partial charge < -0.3 is 14.1 Å². The third-order valence-corrected chi connectivity index (χ3v) is 7.17. The Labute approximate surface area is 235 Å². The van der Waals surface area contributed by atoms with Gasteiger partial charge in [0.05, 0.1) is 18.5 Å². The molecule has 0 spiro atoms. The van der Waals surface area contributed by atoms with Crippen LogP contribution < -0.4 is 4.90 Å². The van der Waals surface area contributed by atoms with Crippen LogP contribution in [0.4, 0.5) is 5.82 Å². The molecule has 0 atom stereocenters. The lowest BCUT2D eigenvalue weighted by Crippen LogP contribution is -2.36. The van der Waals surface area contributed by atoms with E-state index in [2.05, 4.69) is 76.4 Å². The Morgan fingerprint density at radius 2 is 1.69 bits per heavy atom. The molecule has 0 aliphatic carbocycles. The zero-order valence-electron chi connectivity index (χ0n) is 23.6. The van der Waals surface area contributed by atoms with Crippen LogP contribution in [0.25, 0.3) is 0 Å². The van der Waals surface area contributed by atoms with E-state index < -0.39 is 10.3 Å². The minimum atomic E-state index is -0.700. The minimum Gasteiger partial charge on any atom is -0.467 e. The summed E-state index contributed by atoms with van der Waals surface area (Å²) < 4.78 is 10.6. The van der Waals surface area contributed by atoms with Crippen molar-refractivity contribution in [3.8, 4) is 0 Å². The molecule has 2 heterocycles. The average molecular weight is 544 g/mol. The summed E-state index contributed by atoms with van der Waals surface area (Å²) >= 11 is 1.50. The van der Waals surface area contributed by atoms with Crippen LogP contribution in [0.1, 0.15) is 62.8 Å². The number of hydrogen-bond donors (Lipinski definition) is 0. The van der Waals surface area contributed by atoms with E-state index >= 15 is 0 Å². The van der Waals surface area contributed by atoms with Crippen LogP contribution in [-0.2, 0) is 29.0 Å². The van der Waals surface area contributed by atoms with Crippen molar-refractivity contribution in [3.63, 3.8) is 0 Å². The van der Waals surface area contributed by atoms with E-state index in [1.165, 1.54) is 22.9 Å². The van der Waals surface area contributed by atoms with Gasteiger partial charge in [0.25, 0.3) is 0 Å². The second-order valence-electron chi connectivity index (χ2n) is 11.2. The molecule has 2 aromatic carbocycles. The van der Waals surface area contributed by atoms with E-state index in [0.29, 0.717) is 13.1 Å². The van der Waals surface area contributed by atoms with Crippen molar-refractivity contribution in [2.24, 2.45) is 0 Å². The van der Waals surface area contributed by atoms with E-state index in [0.717, 1.165) is 34.2 Å². The van der Waals surface area contributed by atoms with Gasteiger partial charge in [-0.25, -0.2) is 9.97 Å². The molecule has 7 heteroatoms. The van der Waals surface area contributed by atoms with Crippen LogP contribution in [-0.4, -0.2) is 26.3 Å². The smallest absolute Gasteiger partial charge is 0.322 e. The predicted octanol–water partition coefficient (Wildman–Crippen LogP) is 7.39. The summed E-state index contributed by atoms with van der Waals surface area (Å²) in [6, 6.07) is 22.7. The lowest BCUT2D eigenvalue weighted by atomic mass is 10.1. The Hall–Kier alpha value is -3.58. The van der Waals surface area contributed by atoms with E-state index in [-0.39, 0.29) is 5.97 Å². The summed E-state index contributed by atoms with van der Waals surface area (Å²) in [4.78, 5) is 25.0. The Balaban J connectivity index is 1.50. The lowest BCUT2D eigenvalue weighted by molar-refractivity contribution is -0.156. The van der Waals surface area contributed by atoms with Crippen LogP contribution in [0.15, 0.2) is 88.6 Å². The number of furan rings is 1. The third-order valence-electron chi connectivity index (χ3n) is 5.99. The highest BCUT2D eigenvalue weighted by atomic mass is 32.2. The zero-order valence-corrected chi connectivity index (χ0v) is 24.4. The van der Waals surface area contributed by atoms with E-state index in [1.54, 1.807) is 12.6 Å². The molecule has 0 fully saturated rings. The van der Waals surface area contributed by atoms with Crippen molar-refractivity contribution in [2.45, 2.75) is 76.3 Å². The van der Waals surface area contributed by atoms with Crippen molar-refractivity contribution >= 4 is 23.5 Å². The second kappa shape index (κ2) is 12.1. The first kappa shape index (κ1) is 28.4. The van der Waals surface area contributed by atoms with Crippen molar-refractivity contribution in [1.29, 1.82) is 0 Å². The van der Waals surface area contributed by atoms with Gasteiger partial charge in [-0.3, -0.25) is 4.79 Å². The van der Waals surface area contributed by atoms with Crippen LogP contribution in [0.5, 0.6) is 0 Å². The van der Waals surface area contributed by atoms with E-state index in [4.69, 9.17) is 9.15 Å². The number of aromatic nitrogens is 2. The van der Waals surface area contributed by atoms with Crippen molar-refractivity contribution in [3.05, 3.63) is 107 Å². The molecule has 0 saturated carbocycles. The maximum Gasteiger partial charge on any atom is 0.322 e. The molecule has 4 aromatic rings. The van der Waals surface area contributed by atoms with Crippen molar-refractivity contribution in [1.82, 2.24) is 9.97 Å². The SMILES string of the molecule is Cc1cccc(Cc2cc(N(Cc3ccc(SC(C)(C)C(=O)OC(C)(C)C)cc3)Cc3ccco3)ncn2)c1. The number of nitrogens with zero attached hydrogens (tertiary/aromatic N) is 3. The fraction of sp³-hybridized carbons (Fsp3) is 0.344. The first-order valence-electron chi connectivity index (χ1n) is 13.1. The van der Waals surface area contributed by atoms with Gasteiger partial charge in [0.1, 0.15) is 28.3 Å². The monoisotopic (exact) mass is 543 g/mol. The molecule has 0 unspecified atom stereocenters. The number of benzene rings is 2. The Bertz CT molecular complexity index is 1380. The van der Waals surface area contributed by atoms with Crippen molar-refractivity contribution < 1.29 is 13.9 Å². The molecule has 2 aromatic heterocycles. The maximum atomic E-state index is 12.7. The van der Waals surface area contributed by atoms with Gasteiger partial charge in [-0.1, -0.05) is 42.0 Å². The number of rotatable bonds is 10. The molecular formula is C32H37N3O3S. The molecule has 0 amide bonds. The van der Waals surface area contributed by atoms with Gasteiger partial charge in [-0.15, -0.1) is 11.8 Å². The topological polar surface area (TPSA) is 68.5 Å². The summed E-state index contributed by atoms with van der Waals surface area (Å²) in [6.07, 6.45) is 4.06. The Morgan fingerprint density at radius 3 is 2.36 bits per heavy atom. The summed E-state index contributed by atoms with van der Waals surface area (Å²) in [7, 11) is 0. The molecule has 204 valence electrons. The first-order valence-corrected chi connectivity index (χ1v) is 13.9. The van der Waals surface area contributed by atoms with Gasteiger partial charge in [0.15, 0.2) is 0 Å². The molecule has 0 aliphatic rings. The Morgan fingerprint density at radius 1 is 0.923 bits per heavy atom. The van der Waals surface area contributed by atoms with Gasteiger partial charge >= 0.3 is 5.97 Å². The highest BCUT2D eigenvalue weighted by Crippen LogP contribution is 2.35. The fourth-order valence-corrected chi connectivity index (χ4v) is 5.10. The van der Waals surface area contributed by atoms with Crippen molar-refractivity contribution in [2.75, 3.05) is 4.90 Å². The normalized spacial score (nSPS) is 11.8. The fourth-order valence-electron chi connectivity index (χ4n) is 4.12. The average Bonchev–Trinajstić information content (AvgIpc) is 3.37. The number of carbonyl (C=O) groups excluding carboxylic acids is 1. The quantitative estimate of drug-likeness (QED) is 0.153. The highest BCUT2D eigenvalue weighted by Gasteiger charge is 2.33. The summed E-state index contributed by atoms with van der Waals surface area (Å²) in [6.45, 7) is 12.8. The van der Waals surface area contributed by atoms with Crippen LogP contribution in [0.3, 0.4) is 0 Å². The number of anilines is 1. The van der Waals surface area contributed by atoms with Crippen LogP contribution in [0, 0.1) is 6.92 Å². The van der Waals surface area contributed by atoms with Gasteiger partial charge in [-0.05, 0) is 76.9 Å². The number of ether oxygens (including phenoxy) is 1. The van der Waals surface area contributed by atoms with Crippen LogP contribution >= 0.6 is 11.8 Å². The first-order chi connectivity index (χ1) is 18.5. The lowest BCUT2D eigenvalue weighted by Gasteiger charge is -2.28. The van der Waals surface area contributed by atoms with Gasteiger partial charge in [-0.2, -0.15) is 0 Å². The van der Waals surface area contributed by atoms with Gasteiger partial charge in [0, 0.05) is 23.9 Å². The number of hydrogen-bond acceptors (Lipinski definition) is 7. The molecule has 0 aliphatic heterocycles. The molecule has 0 radical (unpaired) electrons. The molecule has 0 saturated heterocycles. The zero-order chi connectivity index (χ0) is 28.0. The standard InChI is InChI=1S/C32H37N3O3S/c1-23-9-7-10-25(17-23)18-26-19-29(34-22-33-26)35(21-27-11-8-16-37-27)20-24-12-14-28(15-13-24)39-32(5,6)30(36)38-31(2,3)4/h7-17,19,22H,18,20-21H2,1-6H3. The summed E-state index contributed by atoms with van der Waals surface area (Å²) in [5, 5.41) is 0. The second-order valence-corrected chi connectivity index (χ2v) is 12.9. The van der Waals surface area contributed by atoms with Crippen LogP contribution in [0.2, 0.25) is 0 Å². The minimum absolute atomic E-state index is 0.223. The number of carbonyl (C=O) groups is 1. The largest absolute Gasteiger partial charge is 0.467 e. The molecule has 0 N–H and O–H groups in total. The van der Waals surface area contributed by atoms with E-state index in [1.807, 2.05) is 46.8 Å².